The van der Waals surface area contributed by atoms with E-state index in [1.807, 2.05) is 6.07 Å². The molecule has 1 unspecified atom stereocenters. The molecule has 0 amide bonds. The number of hydrogen-bond acceptors (Lipinski definition) is 2. The molecule has 0 aliphatic carbocycles. The summed E-state index contributed by atoms with van der Waals surface area (Å²) in [6, 6.07) is 6.11. The Bertz CT molecular complexity index is 319. The maximum Gasteiger partial charge on any atom is 0.134 e. The van der Waals surface area contributed by atoms with Gasteiger partial charge in [0.05, 0.1) is 17.7 Å². The minimum atomic E-state index is 0.217. The van der Waals surface area contributed by atoms with Crippen LogP contribution < -0.4 is 4.74 Å². The first-order valence-electron chi connectivity index (χ1n) is 4.76. The number of hydrogen-bond donors (Lipinski definition) is 0. The highest BCUT2D eigenvalue weighted by Crippen LogP contribution is 2.27. The number of halogens is 1. The molecule has 1 aliphatic heterocycles. The van der Waals surface area contributed by atoms with Crippen LogP contribution in [-0.2, 0) is 4.74 Å². The van der Waals surface area contributed by atoms with Gasteiger partial charge < -0.3 is 9.47 Å². The lowest BCUT2D eigenvalue weighted by molar-refractivity contribution is 0.141. The van der Waals surface area contributed by atoms with Crippen molar-refractivity contribution in [2.24, 2.45) is 0 Å². The van der Waals surface area contributed by atoms with Gasteiger partial charge in [-0.25, -0.2) is 0 Å². The molecule has 1 aromatic carbocycles. The standard InChI is InChI=1S/C11H13BrO2/c1-8-2-3-11(10(12)6-8)14-9-4-5-13-7-9/h2-3,6,9H,4-5,7H2,1H3. The third-order valence-corrected chi connectivity index (χ3v) is 2.89. The third kappa shape index (κ3) is 2.28. The predicted molar refractivity (Wildman–Crippen MR) is 58.7 cm³/mol. The first-order chi connectivity index (χ1) is 6.75. The lowest BCUT2D eigenvalue weighted by Gasteiger charge is -2.13. The molecule has 1 heterocycles. The first-order valence-corrected chi connectivity index (χ1v) is 5.55. The third-order valence-electron chi connectivity index (χ3n) is 2.27. The number of rotatable bonds is 2. The fourth-order valence-electron chi connectivity index (χ4n) is 1.49. The normalized spacial score (nSPS) is 21.1. The molecule has 0 aromatic heterocycles. The maximum absolute atomic E-state index is 5.79. The smallest absolute Gasteiger partial charge is 0.134 e. The Morgan fingerprint density at radius 1 is 1.50 bits per heavy atom. The molecule has 76 valence electrons. The van der Waals surface area contributed by atoms with Crippen molar-refractivity contribution in [3.63, 3.8) is 0 Å². The summed E-state index contributed by atoms with van der Waals surface area (Å²) < 4.78 is 12.1. The quantitative estimate of drug-likeness (QED) is 0.811. The Morgan fingerprint density at radius 3 is 3.00 bits per heavy atom. The summed E-state index contributed by atoms with van der Waals surface area (Å²) >= 11 is 3.49. The van der Waals surface area contributed by atoms with Gasteiger partial charge in [0, 0.05) is 6.42 Å². The van der Waals surface area contributed by atoms with Gasteiger partial charge in [-0.3, -0.25) is 0 Å². The van der Waals surface area contributed by atoms with Crippen LogP contribution in [0.3, 0.4) is 0 Å². The van der Waals surface area contributed by atoms with Crippen molar-refractivity contribution in [1.82, 2.24) is 0 Å². The monoisotopic (exact) mass is 256 g/mol. The molecule has 0 N–H and O–H groups in total. The summed E-state index contributed by atoms with van der Waals surface area (Å²) in [6.07, 6.45) is 1.20. The van der Waals surface area contributed by atoms with E-state index in [9.17, 15) is 0 Å². The van der Waals surface area contributed by atoms with E-state index in [-0.39, 0.29) is 6.10 Å². The van der Waals surface area contributed by atoms with Gasteiger partial charge in [-0.05, 0) is 40.5 Å². The molecule has 2 nitrogen and oxygen atoms in total. The summed E-state index contributed by atoms with van der Waals surface area (Å²) in [6.45, 7) is 3.59. The van der Waals surface area contributed by atoms with E-state index >= 15 is 0 Å². The van der Waals surface area contributed by atoms with Crippen molar-refractivity contribution in [1.29, 1.82) is 0 Å². The van der Waals surface area contributed by atoms with E-state index in [4.69, 9.17) is 9.47 Å². The lowest BCUT2D eigenvalue weighted by Crippen LogP contribution is -2.15. The zero-order valence-corrected chi connectivity index (χ0v) is 9.71. The van der Waals surface area contributed by atoms with Gasteiger partial charge in [-0.1, -0.05) is 6.07 Å². The zero-order valence-electron chi connectivity index (χ0n) is 8.13. The molecular formula is C11H13BrO2. The Morgan fingerprint density at radius 2 is 2.36 bits per heavy atom. The summed E-state index contributed by atoms with van der Waals surface area (Å²) in [5.74, 6) is 0.908. The van der Waals surface area contributed by atoms with Crippen LogP contribution in [0.2, 0.25) is 0 Å². The second-order valence-corrected chi connectivity index (χ2v) is 4.39. The van der Waals surface area contributed by atoms with E-state index < -0.39 is 0 Å². The van der Waals surface area contributed by atoms with Gasteiger partial charge in [-0.2, -0.15) is 0 Å². The molecule has 1 fully saturated rings. The van der Waals surface area contributed by atoms with Gasteiger partial charge >= 0.3 is 0 Å². The van der Waals surface area contributed by atoms with E-state index in [0.29, 0.717) is 6.61 Å². The predicted octanol–water partition coefficient (Wildman–Crippen LogP) is 2.93. The van der Waals surface area contributed by atoms with Crippen LogP contribution in [0.15, 0.2) is 22.7 Å². The highest BCUT2D eigenvalue weighted by atomic mass is 79.9. The number of ether oxygens (including phenoxy) is 2. The molecule has 2 rings (SSSR count). The van der Waals surface area contributed by atoms with Gasteiger partial charge in [0.15, 0.2) is 0 Å². The molecule has 0 saturated carbocycles. The lowest BCUT2D eigenvalue weighted by atomic mass is 10.2. The average molecular weight is 257 g/mol. The Kier molecular flexibility index (Phi) is 3.08. The summed E-state index contributed by atoms with van der Waals surface area (Å²) in [5, 5.41) is 0. The molecule has 14 heavy (non-hydrogen) atoms. The van der Waals surface area contributed by atoms with Crippen molar-refractivity contribution in [2.45, 2.75) is 19.4 Å². The van der Waals surface area contributed by atoms with Gasteiger partial charge in [-0.15, -0.1) is 0 Å². The largest absolute Gasteiger partial charge is 0.487 e. The van der Waals surface area contributed by atoms with Crippen LogP contribution in [0.25, 0.3) is 0 Å². The van der Waals surface area contributed by atoms with Crippen LogP contribution in [0.1, 0.15) is 12.0 Å². The van der Waals surface area contributed by atoms with Crippen LogP contribution in [0.5, 0.6) is 5.75 Å². The van der Waals surface area contributed by atoms with Crippen molar-refractivity contribution in [3.8, 4) is 5.75 Å². The van der Waals surface area contributed by atoms with E-state index in [2.05, 4.69) is 35.0 Å². The second kappa shape index (κ2) is 4.32. The zero-order chi connectivity index (χ0) is 9.97. The Labute approximate surface area is 92.3 Å². The molecular weight excluding hydrogens is 244 g/mol. The average Bonchev–Trinajstić information content (AvgIpc) is 2.62. The summed E-state index contributed by atoms with van der Waals surface area (Å²) in [5.41, 5.74) is 1.23. The highest BCUT2D eigenvalue weighted by Gasteiger charge is 2.17. The van der Waals surface area contributed by atoms with Crippen LogP contribution in [0, 0.1) is 6.92 Å². The first kappa shape index (κ1) is 9.99. The molecule has 3 heteroatoms. The van der Waals surface area contributed by atoms with Crippen molar-refractivity contribution in [2.75, 3.05) is 13.2 Å². The fourth-order valence-corrected chi connectivity index (χ4v) is 2.07. The van der Waals surface area contributed by atoms with Crippen molar-refractivity contribution >= 4 is 15.9 Å². The van der Waals surface area contributed by atoms with E-state index in [1.165, 1.54) is 5.56 Å². The SMILES string of the molecule is Cc1ccc(OC2CCOC2)c(Br)c1. The van der Waals surface area contributed by atoms with Crippen molar-refractivity contribution < 1.29 is 9.47 Å². The van der Waals surface area contributed by atoms with E-state index in [1.54, 1.807) is 0 Å². The summed E-state index contributed by atoms with van der Waals surface area (Å²) in [4.78, 5) is 0. The van der Waals surface area contributed by atoms with E-state index in [0.717, 1.165) is 23.2 Å². The molecule has 1 atom stereocenters. The topological polar surface area (TPSA) is 18.5 Å². The molecule has 0 bridgehead atoms. The van der Waals surface area contributed by atoms with Crippen LogP contribution in [0.4, 0.5) is 0 Å². The Hall–Kier alpha value is -0.540. The minimum Gasteiger partial charge on any atom is -0.487 e. The molecule has 0 spiro atoms. The maximum atomic E-state index is 5.79. The minimum absolute atomic E-state index is 0.217. The van der Waals surface area contributed by atoms with Gasteiger partial charge in [0.1, 0.15) is 11.9 Å². The molecule has 1 saturated heterocycles. The fraction of sp³-hybridized carbons (Fsp3) is 0.455. The van der Waals surface area contributed by atoms with Gasteiger partial charge in [0.25, 0.3) is 0 Å². The highest BCUT2D eigenvalue weighted by molar-refractivity contribution is 9.10. The number of benzene rings is 1. The Balaban J connectivity index is 2.08. The molecule has 1 aliphatic rings. The van der Waals surface area contributed by atoms with Crippen LogP contribution >= 0.6 is 15.9 Å². The summed E-state index contributed by atoms with van der Waals surface area (Å²) in [7, 11) is 0. The van der Waals surface area contributed by atoms with Gasteiger partial charge in [0.2, 0.25) is 0 Å². The molecule has 1 aromatic rings. The number of aryl methyl sites for hydroxylation is 1. The van der Waals surface area contributed by atoms with Crippen LogP contribution in [-0.4, -0.2) is 19.3 Å². The second-order valence-electron chi connectivity index (χ2n) is 3.54. The molecule has 0 radical (unpaired) electrons. The van der Waals surface area contributed by atoms with Crippen molar-refractivity contribution in [3.05, 3.63) is 28.2 Å².